The van der Waals surface area contributed by atoms with Crippen LogP contribution in [0.25, 0.3) is 0 Å². The maximum atomic E-state index is 11.2. The maximum Gasteiger partial charge on any atom is 0.426 e. The third kappa shape index (κ3) is 4.79. The highest BCUT2D eigenvalue weighted by atomic mass is 16.7. The van der Waals surface area contributed by atoms with Gasteiger partial charge in [0.25, 0.3) is 0 Å². The largest absolute Gasteiger partial charge is 0.426 e. The first-order valence-corrected chi connectivity index (χ1v) is 5.46. The Morgan fingerprint density at radius 3 is 2.69 bits per heavy atom. The summed E-state index contributed by atoms with van der Waals surface area (Å²) in [6.45, 7) is 4.44. The molecule has 16 heavy (non-hydrogen) atoms. The Morgan fingerprint density at radius 2 is 2.06 bits per heavy atom. The number of rotatable bonds is 5. The van der Waals surface area contributed by atoms with Gasteiger partial charge in [0.1, 0.15) is 0 Å². The average molecular weight is 222 g/mol. The minimum Gasteiger partial charge on any atom is -0.354 e. The Kier molecular flexibility index (Phi) is 5.36. The smallest absolute Gasteiger partial charge is 0.354 e. The summed E-state index contributed by atoms with van der Waals surface area (Å²) < 4.78 is 0. The molecule has 0 unspecified atom stereocenters. The molecule has 88 valence electrons. The number of benzene rings is 1. The Bertz CT molecular complexity index is 314. The zero-order valence-electron chi connectivity index (χ0n) is 9.69. The number of hydrogen-bond acceptors (Lipinski definition) is 3. The SMILES string of the molecule is CC[C@@H](C)NOC(=O)NCc1ccccc1. The molecular formula is C12H18N2O2. The van der Waals surface area contributed by atoms with Crippen LogP contribution in [0.15, 0.2) is 30.3 Å². The van der Waals surface area contributed by atoms with Gasteiger partial charge in [-0.2, -0.15) is 0 Å². The first-order valence-electron chi connectivity index (χ1n) is 5.46. The minimum absolute atomic E-state index is 0.169. The van der Waals surface area contributed by atoms with Gasteiger partial charge in [0.2, 0.25) is 0 Å². The summed E-state index contributed by atoms with van der Waals surface area (Å²) in [5.41, 5.74) is 3.70. The van der Waals surface area contributed by atoms with E-state index in [1.807, 2.05) is 44.2 Å². The van der Waals surface area contributed by atoms with Gasteiger partial charge in [0.05, 0.1) is 0 Å². The maximum absolute atomic E-state index is 11.2. The van der Waals surface area contributed by atoms with Crippen LogP contribution >= 0.6 is 0 Å². The second kappa shape index (κ2) is 6.85. The van der Waals surface area contributed by atoms with Gasteiger partial charge in [-0.05, 0) is 18.9 Å². The third-order valence-corrected chi connectivity index (χ3v) is 2.24. The normalized spacial score (nSPS) is 11.9. The molecule has 2 N–H and O–H groups in total. The van der Waals surface area contributed by atoms with Gasteiger partial charge in [0, 0.05) is 12.6 Å². The van der Waals surface area contributed by atoms with Crippen molar-refractivity contribution in [1.29, 1.82) is 0 Å². The van der Waals surface area contributed by atoms with Crippen LogP contribution in [-0.4, -0.2) is 12.1 Å². The zero-order valence-corrected chi connectivity index (χ0v) is 9.69. The van der Waals surface area contributed by atoms with Crippen molar-refractivity contribution in [1.82, 2.24) is 10.8 Å². The molecule has 0 bridgehead atoms. The lowest BCUT2D eigenvalue weighted by Gasteiger charge is -2.11. The zero-order chi connectivity index (χ0) is 11.8. The molecule has 0 aliphatic heterocycles. The molecule has 4 heteroatoms. The van der Waals surface area contributed by atoms with Crippen LogP contribution in [-0.2, 0) is 11.4 Å². The van der Waals surface area contributed by atoms with Crippen LogP contribution in [0.5, 0.6) is 0 Å². The number of nitrogens with one attached hydrogen (secondary N) is 2. The molecule has 1 rings (SSSR count). The van der Waals surface area contributed by atoms with E-state index in [1.54, 1.807) is 0 Å². The van der Waals surface area contributed by atoms with E-state index in [1.165, 1.54) is 0 Å². The molecule has 0 fully saturated rings. The average Bonchev–Trinajstić information content (AvgIpc) is 2.34. The summed E-state index contributed by atoms with van der Waals surface area (Å²) >= 11 is 0. The fourth-order valence-corrected chi connectivity index (χ4v) is 1.04. The Hall–Kier alpha value is -1.55. The van der Waals surface area contributed by atoms with E-state index in [0.29, 0.717) is 6.54 Å². The highest BCUT2D eigenvalue weighted by Gasteiger charge is 2.04. The molecule has 4 nitrogen and oxygen atoms in total. The van der Waals surface area contributed by atoms with Crippen LogP contribution in [0.4, 0.5) is 4.79 Å². The molecule has 0 saturated heterocycles. The lowest BCUT2D eigenvalue weighted by atomic mass is 10.2. The van der Waals surface area contributed by atoms with Gasteiger partial charge < -0.3 is 10.2 Å². The van der Waals surface area contributed by atoms with Crippen molar-refractivity contribution >= 4 is 6.09 Å². The molecule has 0 aliphatic rings. The quantitative estimate of drug-likeness (QED) is 0.751. The summed E-state index contributed by atoms with van der Waals surface area (Å²) in [5, 5.41) is 2.65. The van der Waals surface area contributed by atoms with Gasteiger partial charge in [0.15, 0.2) is 0 Å². The van der Waals surface area contributed by atoms with Crippen molar-refractivity contribution in [2.45, 2.75) is 32.9 Å². The standard InChI is InChI=1S/C12H18N2O2/c1-3-10(2)14-16-12(15)13-9-11-7-5-4-6-8-11/h4-8,10,14H,3,9H2,1-2H3,(H,13,15)/t10-/m1/s1. The highest BCUT2D eigenvalue weighted by molar-refractivity contribution is 5.66. The van der Waals surface area contributed by atoms with Gasteiger partial charge in [-0.1, -0.05) is 37.3 Å². The van der Waals surface area contributed by atoms with E-state index in [-0.39, 0.29) is 6.04 Å². The van der Waals surface area contributed by atoms with E-state index in [4.69, 9.17) is 4.84 Å². The van der Waals surface area contributed by atoms with E-state index in [2.05, 4.69) is 10.8 Å². The molecule has 0 radical (unpaired) electrons. The van der Waals surface area contributed by atoms with Crippen molar-refractivity contribution < 1.29 is 9.63 Å². The highest BCUT2D eigenvalue weighted by Crippen LogP contribution is 1.97. The molecular weight excluding hydrogens is 204 g/mol. The van der Waals surface area contributed by atoms with E-state index in [9.17, 15) is 4.79 Å². The van der Waals surface area contributed by atoms with E-state index in [0.717, 1.165) is 12.0 Å². The summed E-state index contributed by atoms with van der Waals surface area (Å²) in [5.74, 6) is 0. The minimum atomic E-state index is -0.454. The Labute approximate surface area is 95.9 Å². The first kappa shape index (κ1) is 12.5. The van der Waals surface area contributed by atoms with Crippen molar-refractivity contribution in [3.63, 3.8) is 0 Å². The molecule has 0 saturated carbocycles. The van der Waals surface area contributed by atoms with Gasteiger partial charge in [-0.3, -0.25) is 0 Å². The van der Waals surface area contributed by atoms with Gasteiger partial charge in [-0.25, -0.2) is 4.79 Å². The molecule has 0 spiro atoms. The molecule has 0 aliphatic carbocycles. The van der Waals surface area contributed by atoms with Crippen LogP contribution in [0.1, 0.15) is 25.8 Å². The topological polar surface area (TPSA) is 50.4 Å². The second-order valence-electron chi connectivity index (χ2n) is 3.66. The van der Waals surface area contributed by atoms with Gasteiger partial charge in [-0.15, -0.1) is 5.48 Å². The van der Waals surface area contributed by atoms with Crippen LogP contribution < -0.4 is 10.8 Å². The predicted octanol–water partition coefficient (Wildman–Crippen LogP) is 2.22. The van der Waals surface area contributed by atoms with Crippen molar-refractivity contribution in [2.24, 2.45) is 0 Å². The summed E-state index contributed by atoms with van der Waals surface area (Å²) in [6, 6.07) is 9.86. The van der Waals surface area contributed by atoms with Crippen molar-refractivity contribution in [3.8, 4) is 0 Å². The summed E-state index contributed by atoms with van der Waals surface area (Å²) in [7, 11) is 0. The summed E-state index contributed by atoms with van der Waals surface area (Å²) in [4.78, 5) is 16.1. The molecule has 1 aromatic rings. The number of amides is 1. The van der Waals surface area contributed by atoms with E-state index < -0.39 is 6.09 Å². The lowest BCUT2D eigenvalue weighted by Crippen LogP contribution is -2.34. The first-order chi connectivity index (χ1) is 7.72. The lowest BCUT2D eigenvalue weighted by molar-refractivity contribution is 0.0708. The fourth-order valence-electron chi connectivity index (χ4n) is 1.04. The number of hydroxylamine groups is 1. The monoisotopic (exact) mass is 222 g/mol. The predicted molar refractivity (Wildman–Crippen MR) is 62.7 cm³/mol. The second-order valence-corrected chi connectivity index (χ2v) is 3.66. The number of carbonyl (C=O) groups excluding carboxylic acids is 1. The summed E-state index contributed by atoms with van der Waals surface area (Å²) in [6.07, 6.45) is 0.454. The Balaban J connectivity index is 2.20. The molecule has 0 heterocycles. The molecule has 1 aromatic carbocycles. The van der Waals surface area contributed by atoms with Crippen LogP contribution in [0.3, 0.4) is 0 Å². The third-order valence-electron chi connectivity index (χ3n) is 2.24. The number of hydrogen-bond donors (Lipinski definition) is 2. The molecule has 1 atom stereocenters. The van der Waals surface area contributed by atoms with Crippen molar-refractivity contribution in [2.75, 3.05) is 0 Å². The van der Waals surface area contributed by atoms with Crippen LogP contribution in [0, 0.1) is 0 Å². The van der Waals surface area contributed by atoms with E-state index >= 15 is 0 Å². The van der Waals surface area contributed by atoms with Crippen molar-refractivity contribution in [3.05, 3.63) is 35.9 Å². The number of carbonyl (C=O) groups is 1. The molecule has 0 aromatic heterocycles. The Morgan fingerprint density at radius 1 is 1.38 bits per heavy atom. The fraction of sp³-hybridized carbons (Fsp3) is 0.417. The van der Waals surface area contributed by atoms with Gasteiger partial charge >= 0.3 is 6.09 Å². The molecule has 1 amide bonds. The van der Waals surface area contributed by atoms with Crippen LogP contribution in [0.2, 0.25) is 0 Å².